The quantitative estimate of drug-likeness (QED) is 0.547. The van der Waals surface area contributed by atoms with E-state index in [-0.39, 0.29) is 24.0 Å². The Balaban J connectivity index is 2.04. The van der Waals surface area contributed by atoms with Gasteiger partial charge in [-0.3, -0.25) is 0 Å². The lowest BCUT2D eigenvalue weighted by atomic mass is 9.78. The molecule has 3 rings (SSSR count). The van der Waals surface area contributed by atoms with Crippen molar-refractivity contribution in [1.82, 2.24) is 0 Å². The van der Waals surface area contributed by atoms with Crippen LogP contribution in [-0.4, -0.2) is 24.0 Å². The third-order valence-corrected chi connectivity index (χ3v) is 5.36. The lowest BCUT2D eigenvalue weighted by Crippen LogP contribution is -2.35. The summed E-state index contributed by atoms with van der Waals surface area (Å²) in [5.41, 5.74) is 0.463. The van der Waals surface area contributed by atoms with Crippen molar-refractivity contribution in [3.05, 3.63) is 70.1 Å². The normalized spacial score (nSPS) is 22.5. The molecule has 0 unspecified atom stereocenters. The van der Waals surface area contributed by atoms with Gasteiger partial charge in [-0.2, -0.15) is 0 Å². The summed E-state index contributed by atoms with van der Waals surface area (Å²) < 4.78 is 11.5. The van der Waals surface area contributed by atoms with Crippen LogP contribution in [0.4, 0.5) is 0 Å². The van der Waals surface area contributed by atoms with Gasteiger partial charge in [0.15, 0.2) is 0 Å². The topological polar surface area (TPSA) is 52.6 Å². The minimum atomic E-state index is -0.617. The smallest absolute Gasteiger partial charge is 0.373 e. The van der Waals surface area contributed by atoms with Gasteiger partial charge in [0, 0.05) is 23.1 Å². The molecule has 0 fully saturated rings. The van der Waals surface area contributed by atoms with E-state index in [1.54, 1.807) is 11.3 Å². The van der Waals surface area contributed by atoms with E-state index in [1.807, 2.05) is 68.6 Å². The standard InChI is InChI=1S/C22H24O4S/c1-22(2,3)26-21(24)18-14-16(15-8-5-4-6-9-15)20(17(25-18)11-12-23)19-10-7-13-27-19/h4-10,12-14,16-17,20H,11H2,1-3H3/t16-,17+,20-/m0/s1. The van der Waals surface area contributed by atoms with Gasteiger partial charge in [-0.1, -0.05) is 36.4 Å². The van der Waals surface area contributed by atoms with E-state index in [2.05, 4.69) is 6.07 Å². The Kier molecular flexibility index (Phi) is 5.80. The van der Waals surface area contributed by atoms with Crippen LogP contribution < -0.4 is 0 Å². The maximum Gasteiger partial charge on any atom is 0.373 e. The van der Waals surface area contributed by atoms with E-state index in [4.69, 9.17) is 9.47 Å². The van der Waals surface area contributed by atoms with Crippen LogP contribution in [0.25, 0.3) is 0 Å². The molecular weight excluding hydrogens is 360 g/mol. The molecule has 1 aromatic carbocycles. The monoisotopic (exact) mass is 384 g/mol. The minimum Gasteiger partial charge on any atom is -0.482 e. The Morgan fingerprint density at radius 2 is 1.93 bits per heavy atom. The number of thiophene rings is 1. The first-order valence-electron chi connectivity index (χ1n) is 9.03. The number of hydrogen-bond donors (Lipinski definition) is 0. The second kappa shape index (κ2) is 8.09. The second-order valence-electron chi connectivity index (χ2n) is 7.57. The van der Waals surface area contributed by atoms with Gasteiger partial charge in [-0.15, -0.1) is 11.3 Å². The molecule has 4 nitrogen and oxygen atoms in total. The number of carbonyl (C=O) groups is 2. The van der Waals surface area contributed by atoms with Crippen LogP contribution in [0.2, 0.25) is 0 Å². The molecule has 1 aromatic heterocycles. The van der Waals surface area contributed by atoms with Gasteiger partial charge in [-0.05, 0) is 43.9 Å². The van der Waals surface area contributed by atoms with Crippen molar-refractivity contribution in [2.75, 3.05) is 0 Å². The van der Waals surface area contributed by atoms with Crippen molar-refractivity contribution in [3.63, 3.8) is 0 Å². The zero-order valence-electron chi connectivity index (χ0n) is 15.8. The highest BCUT2D eigenvalue weighted by Crippen LogP contribution is 2.45. The second-order valence-corrected chi connectivity index (χ2v) is 8.55. The van der Waals surface area contributed by atoms with E-state index in [9.17, 15) is 9.59 Å². The van der Waals surface area contributed by atoms with Gasteiger partial charge in [-0.25, -0.2) is 4.79 Å². The van der Waals surface area contributed by atoms with Crippen LogP contribution in [0.5, 0.6) is 0 Å². The molecule has 0 amide bonds. The molecule has 2 aromatic rings. The largest absolute Gasteiger partial charge is 0.482 e. The van der Waals surface area contributed by atoms with E-state index < -0.39 is 17.7 Å². The molecule has 0 aliphatic carbocycles. The van der Waals surface area contributed by atoms with E-state index >= 15 is 0 Å². The first kappa shape index (κ1) is 19.4. The Hall–Kier alpha value is -2.40. The highest BCUT2D eigenvalue weighted by Gasteiger charge is 2.39. The highest BCUT2D eigenvalue weighted by atomic mass is 32.1. The molecule has 2 heterocycles. The third-order valence-electron chi connectivity index (χ3n) is 4.38. The highest BCUT2D eigenvalue weighted by molar-refractivity contribution is 7.10. The number of ether oxygens (including phenoxy) is 2. The molecule has 3 atom stereocenters. The van der Waals surface area contributed by atoms with Crippen molar-refractivity contribution in [1.29, 1.82) is 0 Å². The fraction of sp³-hybridized carbons (Fsp3) is 0.364. The van der Waals surface area contributed by atoms with Crippen molar-refractivity contribution >= 4 is 23.6 Å². The maximum absolute atomic E-state index is 12.6. The van der Waals surface area contributed by atoms with Crippen molar-refractivity contribution in [2.24, 2.45) is 0 Å². The van der Waals surface area contributed by atoms with Gasteiger partial charge < -0.3 is 14.3 Å². The number of rotatable bonds is 5. The average molecular weight is 384 g/mol. The Bertz CT molecular complexity index is 803. The summed E-state index contributed by atoms with van der Waals surface area (Å²) >= 11 is 1.64. The van der Waals surface area contributed by atoms with Crippen LogP contribution in [0.3, 0.4) is 0 Å². The average Bonchev–Trinajstić information content (AvgIpc) is 3.15. The first-order chi connectivity index (χ1) is 12.9. The number of aldehydes is 1. The fourth-order valence-corrected chi connectivity index (χ4v) is 4.25. The molecule has 1 aliphatic heterocycles. The molecule has 0 N–H and O–H groups in total. The van der Waals surface area contributed by atoms with Gasteiger partial charge in [0.05, 0.1) is 0 Å². The van der Waals surface area contributed by atoms with Crippen LogP contribution in [0.1, 0.15) is 49.5 Å². The first-order valence-corrected chi connectivity index (χ1v) is 9.91. The summed E-state index contributed by atoms with van der Waals surface area (Å²) in [6, 6.07) is 14.0. The van der Waals surface area contributed by atoms with Gasteiger partial charge in [0.25, 0.3) is 0 Å². The molecule has 0 saturated heterocycles. The van der Waals surface area contributed by atoms with E-state index in [1.165, 1.54) is 0 Å². The zero-order chi connectivity index (χ0) is 19.4. The molecule has 0 saturated carbocycles. The molecule has 142 valence electrons. The number of hydrogen-bond acceptors (Lipinski definition) is 5. The summed E-state index contributed by atoms with van der Waals surface area (Å²) in [6.45, 7) is 5.46. The van der Waals surface area contributed by atoms with Crippen molar-refractivity contribution < 1.29 is 19.1 Å². The molecule has 0 bridgehead atoms. The SMILES string of the molecule is CC(C)(C)OC(=O)C1=C[C@@H](c2ccccc2)[C@H](c2cccs2)[C@@H](CC=O)O1. The van der Waals surface area contributed by atoms with Crippen LogP contribution in [-0.2, 0) is 19.1 Å². The van der Waals surface area contributed by atoms with Gasteiger partial charge in [0.1, 0.15) is 18.0 Å². The van der Waals surface area contributed by atoms with Crippen LogP contribution >= 0.6 is 11.3 Å². The number of carbonyl (C=O) groups excluding carboxylic acids is 2. The Labute approximate surface area is 163 Å². The predicted octanol–water partition coefficient (Wildman–Crippen LogP) is 4.83. The summed E-state index contributed by atoms with van der Waals surface area (Å²) in [5.74, 6) is -0.433. The summed E-state index contributed by atoms with van der Waals surface area (Å²) in [5, 5.41) is 2.02. The predicted molar refractivity (Wildman–Crippen MR) is 106 cm³/mol. The molecule has 0 spiro atoms. The summed E-state index contributed by atoms with van der Waals surface area (Å²) in [7, 11) is 0. The number of esters is 1. The molecule has 0 radical (unpaired) electrons. The van der Waals surface area contributed by atoms with Crippen molar-refractivity contribution in [2.45, 2.75) is 50.7 Å². The van der Waals surface area contributed by atoms with Crippen LogP contribution in [0.15, 0.2) is 59.7 Å². The third kappa shape index (κ3) is 4.66. The van der Waals surface area contributed by atoms with Gasteiger partial charge in [0.2, 0.25) is 5.76 Å². The summed E-state index contributed by atoms with van der Waals surface area (Å²) in [6.07, 6.45) is 2.49. The molecule has 27 heavy (non-hydrogen) atoms. The molecule has 1 aliphatic rings. The number of benzene rings is 1. The lowest BCUT2D eigenvalue weighted by molar-refractivity contribution is -0.156. The fourth-order valence-electron chi connectivity index (χ4n) is 3.33. The maximum atomic E-state index is 12.6. The number of allylic oxidation sites excluding steroid dienone is 1. The van der Waals surface area contributed by atoms with Gasteiger partial charge >= 0.3 is 5.97 Å². The van der Waals surface area contributed by atoms with Crippen molar-refractivity contribution in [3.8, 4) is 0 Å². The lowest BCUT2D eigenvalue weighted by Gasteiger charge is -2.36. The Morgan fingerprint density at radius 1 is 1.19 bits per heavy atom. The molecular formula is C22H24O4S. The van der Waals surface area contributed by atoms with E-state index in [0.29, 0.717) is 0 Å². The zero-order valence-corrected chi connectivity index (χ0v) is 16.6. The van der Waals surface area contributed by atoms with E-state index in [0.717, 1.165) is 16.7 Å². The molecule has 5 heteroatoms. The van der Waals surface area contributed by atoms with Crippen LogP contribution in [0, 0.1) is 0 Å². The minimum absolute atomic E-state index is 0.0382. The Morgan fingerprint density at radius 3 is 2.52 bits per heavy atom. The summed E-state index contributed by atoms with van der Waals surface area (Å²) in [4.78, 5) is 25.1.